The largest absolute Gasteiger partial charge is 0.508 e. The summed E-state index contributed by atoms with van der Waals surface area (Å²) in [5.74, 6) is 0.325. The first-order chi connectivity index (χ1) is 9.78. The van der Waals surface area contributed by atoms with Gasteiger partial charge in [-0.1, -0.05) is 36.4 Å². The fraction of sp³-hybridized carbons (Fsp3) is 0.294. The van der Waals surface area contributed by atoms with Gasteiger partial charge in [0.15, 0.2) is 0 Å². The molecule has 3 N–H and O–H groups in total. The molecule has 0 saturated heterocycles. The molecule has 2 aromatic rings. The minimum Gasteiger partial charge on any atom is -0.508 e. The molecule has 3 nitrogen and oxygen atoms in total. The van der Waals surface area contributed by atoms with E-state index in [0.29, 0.717) is 5.75 Å². The Balaban J connectivity index is 1.79. The van der Waals surface area contributed by atoms with Gasteiger partial charge >= 0.3 is 0 Å². The first kappa shape index (κ1) is 13.2. The van der Waals surface area contributed by atoms with Crippen LogP contribution in [0.3, 0.4) is 0 Å². The number of aliphatic hydroxyl groups excluding tert-OH is 1. The number of fused-ring (bicyclic) bond motifs is 1. The molecule has 0 amide bonds. The SMILES string of the molecule is OCC(NC1CCc2cc(O)ccc21)c1ccccc1. The molecule has 2 unspecified atom stereocenters. The maximum atomic E-state index is 9.63. The molecule has 2 atom stereocenters. The lowest BCUT2D eigenvalue weighted by molar-refractivity contribution is 0.233. The Hall–Kier alpha value is -1.84. The first-order valence-electron chi connectivity index (χ1n) is 7.01. The topological polar surface area (TPSA) is 52.5 Å². The van der Waals surface area contributed by atoms with E-state index in [4.69, 9.17) is 0 Å². The normalized spacial score (nSPS) is 18.8. The van der Waals surface area contributed by atoms with Crippen LogP contribution in [0, 0.1) is 0 Å². The first-order valence-corrected chi connectivity index (χ1v) is 7.01. The number of phenolic OH excluding ortho intramolecular Hbond substituents is 1. The lowest BCUT2D eigenvalue weighted by atomic mass is 10.0. The van der Waals surface area contributed by atoms with Crippen molar-refractivity contribution in [3.8, 4) is 5.75 Å². The highest BCUT2D eigenvalue weighted by Crippen LogP contribution is 2.34. The maximum Gasteiger partial charge on any atom is 0.115 e. The van der Waals surface area contributed by atoms with Gasteiger partial charge in [0, 0.05) is 6.04 Å². The highest BCUT2D eigenvalue weighted by molar-refractivity contribution is 5.40. The molecular weight excluding hydrogens is 250 g/mol. The van der Waals surface area contributed by atoms with Crippen molar-refractivity contribution in [2.75, 3.05) is 6.61 Å². The van der Waals surface area contributed by atoms with Gasteiger partial charge in [-0.3, -0.25) is 0 Å². The molecule has 0 aromatic heterocycles. The molecular formula is C17H19NO2. The monoisotopic (exact) mass is 269 g/mol. The number of aromatic hydroxyl groups is 1. The molecule has 0 fully saturated rings. The number of hydrogen-bond acceptors (Lipinski definition) is 3. The fourth-order valence-electron chi connectivity index (χ4n) is 2.96. The molecule has 0 radical (unpaired) electrons. The van der Waals surface area contributed by atoms with Crippen LogP contribution in [0.2, 0.25) is 0 Å². The molecule has 0 spiro atoms. The van der Waals surface area contributed by atoms with Gasteiger partial charge in [-0.2, -0.15) is 0 Å². The van der Waals surface area contributed by atoms with Crippen molar-refractivity contribution in [3.63, 3.8) is 0 Å². The zero-order valence-corrected chi connectivity index (χ0v) is 11.3. The molecule has 2 aromatic carbocycles. The van der Waals surface area contributed by atoms with E-state index < -0.39 is 0 Å². The minimum atomic E-state index is -0.0547. The van der Waals surface area contributed by atoms with Gasteiger partial charge in [-0.25, -0.2) is 0 Å². The van der Waals surface area contributed by atoms with Crippen molar-refractivity contribution in [2.24, 2.45) is 0 Å². The Morgan fingerprint density at radius 3 is 2.70 bits per heavy atom. The van der Waals surface area contributed by atoms with E-state index >= 15 is 0 Å². The summed E-state index contributed by atoms with van der Waals surface area (Å²) < 4.78 is 0. The third kappa shape index (κ3) is 2.55. The third-order valence-electron chi connectivity index (χ3n) is 3.99. The molecule has 3 rings (SSSR count). The maximum absolute atomic E-state index is 9.63. The van der Waals surface area contributed by atoms with Crippen LogP contribution in [-0.4, -0.2) is 16.8 Å². The molecule has 0 heterocycles. The summed E-state index contributed by atoms with van der Waals surface area (Å²) in [4.78, 5) is 0. The second kappa shape index (κ2) is 5.65. The van der Waals surface area contributed by atoms with Crippen molar-refractivity contribution in [1.82, 2.24) is 5.32 Å². The lowest BCUT2D eigenvalue weighted by Crippen LogP contribution is -2.27. The number of aliphatic hydroxyl groups is 1. The van der Waals surface area contributed by atoms with Gasteiger partial charge in [0.2, 0.25) is 0 Å². The van der Waals surface area contributed by atoms with Crippen molar-refractivity contribution in [1.29, 1.82) is 0 Å². The quantitative estimate of drug-likeness (QED) is 0.800. The second-order valence-corrected chi connectivity index (χ2v) is 5.29. The predicted octanol–water partition coefficient (Wildman–Crippen LogP) is 2.70. The molecule has 1 aliphatic carbocycles. The fourth-order valence-corrected chi connectivity index (χ4v) is 2.96. The number of nitrogens with one attached hydrogen (secondary N) is 1. The van der Waals surface area contributed by atoms with Crippen molar-refractivity contribution in [3.05, 3.63) is 65.2 Å². The molecule has 0 saturated carbocycles. The van der Waals surface area contributed by atoms with E-state index in [9.17, 15) is 10.2 Å². The summed E-state index contributed by atoms with van der Waals surface area (Å²) >= 11 is 0. The Bertz CT molecular complexity index is 583. The second-order valence-electron chi connectivity index (χ2n) is 5.29. The van der Waals surface area contributed by atoms with Crippen LogP contribution in [0.1, 0.15) is 35.2 Å². The van der Waals surface area contributed by atoms with Crippen LogP contribution in [0.25, 0.3) is 0 Å². The van der Waals surface area contributed by atoms with Crippen LogP contribution in [-0.2, 0) is 6.42 Å². The Morgan fingerprint density at radius 1 is 1.15 bits per heavy atom. The van der Waals surface area contributed by atoms with Crippen molar-refractivity contribution >= 4 is 0 Å². The van der Waals surface area contributed by atoms with Gasteiger partial charge < -0.3 is 15.5 Å². The lowest BCUT2D eigenvalue weighted by Gasteiger charge is -2.22. The summed E-state index contributed by atoms with van der Waals surface area (Å²) in [6.07, 6.45) is 1.97. The van der Waals surface area contributed by atoms with Crippen LogP contribution in [0.5, 0.6) is 5.75 Å². The number of phenols is 1. The minimum absolute atomic E-state index is 0.0547. The Kier molecular flexibility index (Phi) is 3.72. The van der Waals surface area contributed by atoms with E-state index in [1.165, 1.54) is 11.1 Å². The van der Waals surface area contributed by atoms with Crippen LogP contribution in [0.4, 0.5) is 0 Å². The molecule has 3 heteroatoms. The van der Waals surface area contributed by atoms with Gasteiger partial charge in [-0.05, 0) is 41.7 Å². The molecule has 20 heavy (non-hydrogen) atoms. The summed E-state index contributed by atoms with van der Waals surface area (Å²) in [5.41, 5.74) is 3.53. The van der Waals surface area contributed by atoms with Crippen molar-refractivity contribution < 1.29 is 10.2 Å². The highest BCUT2D eigenvalue weighted by Gasteiger charge is 2.25. The molecule has 0 aliphatic heterocycles. The molecule has 1 aliphatic rings. The average molecular weight is 269 g/mol. The van der Waals surface area contributed by atoms with Crippen LogP contribution >= 0.6 is 0 Å². The van der Waals surface area contributed by atoms with Gasteiger partial charge in [-0.15, -0.1) is 0 Å². The summed E-state index contributed by atoms with van der Waals surface area (Å²) in [6, 6.07) is 15.7. The summed E-state index contributed by atoms with van der Waals surface area (Å²) in [7, 11) is 0. The average Bonchev–Trinajstić information content (AvgIpc) is 2.87. The zero-order valence-electron chi connectivity index (χ0n) is 11.3. The zero-order chi connectivity index (χ0) is 13.9. The number of hydrogen-bond donors (Lipinski definition) is 3. The molecule has 104 valence electrons. The van der Waals surface area contributed by atoms with Gasteiger partial charge in [0.25, 0.3) is 0 Å². The third-order valence-corrected chi connectivity index (χ3v) is 3.99. The summed E-state index contributed by atoms with van der Waals surface area (Å²) in [6.45, 7) is 0.0773. The van der Waals surface area contributed by atoms with Crippen molar-refractivity contribution in [2.45, 2.75) is 24.9 Å². The van der Waals surface area contributed by atoms with E-state index in [2.05, 4.69) is 5.32 Å². The van der Waals surface area contributed by atoms with E-state index in [1.54, 1.807) is 6.07 Å². The van der Waals surface area contributed by atoms with Crippen LogP contribution in [0.15, 0.2) is 48.5 Å². The number of aryl methyl sites for hydroxylation is 1. The number of rotatable bonds is 4. The number of benzene rings is 2. The smallest absolute Gasteiger partial charge is 0.115 e. The summed E-state index contributed by atoms with van der Waals surface area (Å²) in [5, 5.41) is 22.7. The Morgan fingerprint density at radius 2 is 1.95 bits per heavy atom. The van der Waals surface area contributed by atoms with E-state index in [-0.39, 0.29) is 18.7 Å². The highest BCUT2D eigenvalue weighted by atomic mass is 16.3. The van der Waals surface area contributed by atoms with E-state index in [0.717, 1.165) is 18.4 Å². The van der Waals surface area contributed by atoms with Gasteiger partial charge in [0.1, 0.15) is 5.75 Å². The predicted molar refractivity (Wildman–Crippen MR) is 78.6 cm³/mol. The molecule has 0 bridgehead atoms. The van der Waals surface area contributed by atoms with Crippen LogP contribution < -0.4 is 5.32 Å². The Labute approximate surface area is 118 Å². The van der Waals surface area contributed by atoms with Gasteiger partial charge in [0.05, 0.1) is 12.6 Å². The van der Waals surface area contributed by atoms with E-state index in [1.807, 2.05) is 42.5 Å². The standard InChI is InChI=1S/C17H19NO2/c19-11-17(12-4-2-1-3-5-12)18-16-9-6-13-10-14(20)7-8-15(13)16/h1-5,7-8,10,16-20H,6,9,11H2.